The molecule has 76 valence electrons. The van der Waals surface area contributed by atoms with Crippen molar-refractivity contribution in [1.29, 1.82) is 0 Å². The monoisotopic (exact) mass is 205 g/mol. The fourth-order valence-electron chi connectivity index (χ4n) is 0.890. The van der Waals surface area contributed by atoms with Gasteiger partial charge in [0.2, 0.25) is 5.95 Å². The minimum Gasteiger partial charge on any atom is -0.363 e. The van der Waals surface area contributed by atoms with E-state index in [0.29, 0.717) is 5.82 Å². The largest absolute Gasteiger partial charge is 0.363 e. The number of anilines is 2. The minimum atomic E-state index is -0.477. The maximum atomic E-state index is 11.3. The van der Waals surface area contributed by atoms with Crippen molar-refractivity contribution in [3.05, 3.63) is 30.8 Å². The Morgan fingerprint density at radius 3 is 2.73 bits per heavy atom. The lowest BCUT2D eigenvalue weighted by Crippen LogP contribution is -2.20. The standard InChI is InChI=1S/C8H7N5O2/c14-8(11-6-2-5-15-13-6)12-7-9-3-1-4-10-7/h1-5H,(H2,9,10,11,12,13,14). The second-order valence-corrected chi connectivity index (χ2v) is 2.54. The van der Waals surface area contributed by atoms with Crippen LogP contribution in [-0.2, 0) is 0 Å². The molecule has 0 aliphatic heterocycles. The van der Waals surface area contributed by atoms with Gasteiger partial charge in [0.15, 0.2) is 5.82 Å². The molecule has 0 bridgehead atoms. The Morgan fingerprint density at radius 1 is 1.27 bits per heavy atom. The van der Waals surface area contributed by atoms with Gasteiger partial charge in [-0.15, -0.1) is 0 Å². The van der Waals surface area contributed by atoms with Gasteiger partial charge in [-0.1, -0.05) is 5.16 Å². The summed E-state index contributed by atoms with van der Waals surface area (Å²) >= 11 is 0. The average molecular weight is 205 g/mol. The number of amides is 2. The van der Waals surface area contributed by atoms with Gasteiger partial charge in [-0.05, 0) is 6.07 Å². The molecule has 7 nitrogen and oxygen atoms in total. The molecule has 0 aromatic carbocycles. The predicted molar refractivity (Wildman–Crippen MR) is 51.2 cm³/mol. The van der Waals surface area contributed by atoms with Crippen molar-refractivity contribution in [3.63, 3.8) is 0 Å². The van der Waals surface area contributed by atoms with Crippen LogP contribution in [0.4, 0.5) is 16.6 Å². The lowest BCUT2D eigenvalue weighted by molar-refractivity contribution is 0.261. The molecule has 0 radical (unpaired) electrons. The second kappa shape index (κ2) is 4.18. The summed E-state index contributed by atoms with van der Waals surface area (Å²) < 4.78 is 4.54. The smallest absolute Gasteiger partial charge is 0.327 e. The Balaban J connectivity index is 1.94. The highest BCUT2D eigenvalue weighted by Gasteiger charge is 2.04. The first-order valence-corrected chi connectivity index (χ1v) is 4.10. The molecule has 0 atom stereocenters. The SMILES string of the molecule is O=C(Nc1ccon1)Nc1ncccn1. The molecule has 0 saturated carbocycles. The third kappa shape index (κ3) is 2.50. The van der Waals surface area contributed by atoms with Gasteiger partial charge < -0.3 is 4.52 Å². The van der Waals surface area contributed by atoms with Crippen LogP contribution >= 0.6 is 0 Å². The quantitative estimate of drug-likeness (QED) is 0.765. The van der Waals surface area contributed by atoms with Crippen LogP contribution in [0.5, 0.6) is 0 Å². The van der Waals surface area contributed by atoms with Crippen LogP contribution in [0.2, 0.25) is 0 Å². The van der Waals surface area contributed by atoms with Gasteiger partial charge in [0, 0.05) is 18.5 Å². The average Bonchev–Trinajstić information content (AvgIpc) is 2.71. The summed E-state index contributed by atoms with van der Waals surface area (Å²) in [6.45, 7) is 0. The molecule has 2 heterocycles. The van der Waals surface area contributed by atoms with E-state index in [1.165, 1.54) is 24.7 Å². The Kier molecular flexibility index (Phi) is 2.54. The van der Waals surface area contributed by atoms with Crippen molar-refractivity contribution in [2.75, 3.05) is 10.6 Å². The number of carbonyl (C=O) groups excluding carboxylic acids is 1. The number of rotatable bonds is 2. The maximum Gasteiger partial charge on any atom is 0.327 e. The summed E-state index contributed by atoms with van der Waals surface area (Å²) in [7, 11) is 0. The lowest BCUT2D eigenvalue weighted by Gasteiger charge is -2.01. The van der Waals surface area contributed by atoms with E-state index in [4.69, 9.17) is 0 Å². The summed E-state index contributed by atoms with van der Waals surface area (Å²) in [6.07, 6.45) is 4.41. The molecule has 0 unspecified atom stereocenters. The van der Waals surface area contributed by atoms with E-state index in [9.17, 15) is 4.79 Å². The van der Waals surface area contributed by atoms with E-state index in [0.717, 1.165) is 0 Å². The number of hydrogen-bond acceptors (Lipinski definition) is 5. The van der Waals surface area contributed by atoms with Crippen LogP contribution < -0.4 is 10.6 Å². The van der Waals surface area contributed by atoms with Crippen molar-refractivity contribution in [3.8, 4) is 0 Å². The highest BCUT2D eigenvalue weighted by atomic mass is 16.5. The van der Waals surface area contributed by atoms with Gasteiger partial charge in [0.1, 0.15) is 6.26 Å². The van der Waals surface area contributed by atoms with Crippen molar-refractivity contribution < 1.29 is 9.32 Å². The molecule has 2 aromatic heterocycles. The number of hydrogen-bond donors (Lipinski definition) is 2. The molecule has 15 heavy (non-hydrogen) atoms. The Bertz CT molecular complexity index is 428. The predicted octanol–water partition coefficient (Wildman–Crippen LogP) is 1.11. The van der Waals surface area contributed by atoms with Crippen LogP contribution in [0.15, 0.2) is 35.3 Å². The van der Waals surface area contributed by atoms with Gasteiger partial charge in [-0.25, -0.2) is 14.8 Å². The molecule has 2 rings (SSSR count). The van der Waals surface area contributed by atoms with Crippen LogP contribution in [0.25, 0.3) is 0 Å². The van der Waals surface area contributed by atoms with Crippen molar-refractivity contribution in [1.82, 2.24) is 15.1 Å². The number of carbonyl (C=O) groups is 1. The first kappa shape index (κ1) is 9.13. The lowest BCUT2D eigenvalue weighted by atomic mass is 10.6. The number of urea groups is 1. The van der Waals surface area contributed by atoms with Crippen LogP contribution in [-0.4, -0.2) is 21.2 Å². The summed E-state index contributed by atoms with van der Waals surface area (Å²) in [5, 5.41) is 8.37. The number of aromatic nitrogens is 3. The highest BCUT2D eigenvalue weighted by molar-refractivity contribution is 5.97. The van der Waals surface area contributed by atoms with E-state index in [2.05, 4.69) is 30.3 Å². The van der Waals surface area contributed by atoms with E-state index in [-0.39, 0.29) is 5.95 Å². The molecule has 0 spiro atoms. The Morgan fingerprint density at radius 2 is 2.07 bits per heavy atom. The zero-order valence-corrected chi connectivity index (χ0v) is 7.54. The van der Waals surface area contributed by atoms with Gasteiger partial charge in [-0.3, -0.25) is 10.6 Å². The van der Waals surface area contributed by atoms with Crippen LogP contribution in [0, 0.1) is 0 Å². The molecule has 0 aliphatic carbocycles. The fraction of sp³-hybridized carbons (Fsp3) is 0. The van der Waals surface area contributed by atoms with Crippen molar-refractivity contribution in [2.24, 2.45) is 0 Å². The zero-order valence-electron chi connectivity index (χ0n) is 7.54. The van der Waals surface area contributed by atoms with Gasteiger partial charge in [0.05, 0.1) is 0 Å². The molecule has 0 fully saturated rings. The van der Waals surface area contributed by atoms with Crippen LogP contribution in [0.3, 0.4) is 0 Å². The Hall–Kier alpha value is -2.44. The third-order valence-electron chi connectivity index (χ3n) is 1.47. The minimum absolute atomic E-state index is 0.221. The van der Waals surface area contributed by atoms with Crippen molar-refractivity contribution in [2.45, 2.75) is 0 Å². The first-order chi connectivity index (χ1) is 7.34. The van der Waals surface area contributed by atoms with E-state index in [1.54, 1.807) is 6.07 Å². The van der Waals surface area contributed by atoms with E-state index >= 15 is 0 Å². The molecular weight excluding hydrogens is 198 g/mol. The maximum absolute atomic E-state index is 11.3. The second-order valence-electron chi connectivity index (χ2n) is 2.54. The number of nitrogens with zero attached hydrogens (tertiary/aromatic N) is 3. The molecule has 0 saturated heterocycles. The first-order valence-electron chi connectivity index (χ1n) is 4.10. The van der Waals surface area contributed by atoms with Gasteiger partial charge >= 0.3 is 6.03 Å². The molecular formula is C8H7N5O2. The van der Waals surface area contributed by atoms with E-state index < -0.39 is 6.03 Å². The molecule has 2 amide bonds. The summed E-state index contributed by atoms with van der Waals surface area (Å²) in [5.74, 6) is 0.543. The summed E-state index contributed by atoms with van der Waals surface area (Å²) in [5.41, 5.74) is 0. The van der Waals surface area contributed by atoms with E-state index in [1.807, 2.05) is 0 Å². The summed E-state index contributed by atoms with van der Waals surface area (Å²) in [6, 6.07) is 2.70. The van der Waals surface area contributed by atoms with Gasteiger partial charge in [0.25, 0.3) is 0 Å². The fourth-order valence-corrected chi connectivity index (χ4v) is 0.890. The highest BCUT2D eigenvalue weighted by Crippen LogP contribution is 2.02. The van der Waals surface area contributed by atoms with Crippen LogP contribution in [0.1, 0.15) is 0 Å². The number of nitrogens with one attached hydrogen (secondary N) is 2. The molecule has 7 heteroatoms. The van der Waals surface area contributed by atoms with Gasteiger partial charge in [-0.2, -0.15) is 0 Å². The molecule has 2 aromatic rings. The molecule has 2 N–H and O–H groups in total. The molecule has 0 aliphatic rings. The zero-order chi connectivity index (χ0) is 10.5. The van der Waals surface area contributed by atoms with Crippen molar-refractivity contribution >= 4 is 17.8 Å². The topological polar surface area (TPSA) is 92.9 Å². The third-order valence-corrected chi connectivity index (χ3v) is 1.47. The normalized spacial score (nSPS) is 9.60. The summed E-state index contributed by atoms with van der Waals surface area (Å²) in [4.78, 5) is 18.9. The Labute approximate surface area is 84.5 Å².